The summed E-state index contributed by atoms with van der Waals surface area (Å²) < 4.78 is 39.1. The monoisotopic (exact) mass is 553 g/mol. The average molecular weight is 554 g/mol. The minimum Gasteiger partial charge on any atom is -0.494 e. The van der Waals surface area contributed by atoms with Crippen LogP contribution in [-0.2, 0) is 38.8 Å². The molecule has 0 aliphatic carbocycles. The molecular weight excluding hydrogens is 514 g/mol. The van der Waals surface area contributed by atoms with Crippen LogP contribution >= 0.6 is 0 Å². The summed E-state index contributed by atoms with van der Waals surface area (Å²) in [6.45, 7) is 2.74. The van der Waals surface area contributed by atoms with E-state index in [1.54, 1.807) is 24.8 Å². The Balaban J connectivity index is 1.49. The Morgan fingerprint density at radius 1 is 0.795 bits per heavy atom. The zero-order valence-corrected chi connectivity index (χ0v) is 23.4. The van der Waals surface area contributed by atoms with Crippen molar-refractivity contribution in [2.45, 2.75) is 64.3 Å². The summed E-state index contributed by atoms with van der Waals surface area (Å²) in [6.07, 6.45) is 12.8. The number of hydrogen-bond acceptors (Lipinski definition) is 7. The number of aromatic nitrogens is 2. The zero-order chi connectivity index (χ0) is 27.8. The van der Waals surface area contributed by atoms with E-state index in [9.17, 15) is 13.2 Å². The number of benzene rings is 1. The van der Waals surface area contributed by atoms with Crippen LogP contribution in [0.15, 0.2) is 73.3 Å². The molecule has 0 saturated carbocycles. The third-order valence-electron chi connectivity index (χ3n) is 6.22. The van der Waals surface area contributed by atoms with Crippen LogP contribution in [0.1, 0.15) is 55.7 Å². The molecular formula is C30H39N3O5S. The smallest absolute Gasteiger partial charge is 0.324 e. The van der Waals surface area contributed by atoms with Crippen molar-refractivity contribution in [3.63, 3.8) is 0 Å². The van der Waals surface area contributed by atoms with E-state index in [1.165, 1.54) is 5.56 Å². The molecule has 9 heteroatoms. The Kier molecular flexibility index (Phi) is 12.9. The molecule has 1 N–H and O–H groups in total. The van der Waals surface area contributed by atoms with Gasteiger partial charge in [0.1, 0.15) is 11.8 Å². The van der Waals surface area contributed by atoms with Crippen molar-refractivity contribution >= 4 is 16.0 Å². The van der Waals surface area contributed by atoms with Gasteiger partial charge in [0.25, 0.3) is 0 Å². The van der Waals surface area contributed by atoms with Crippen LogP contribution in [0.2, 0.25) is 0 Å². The van der Waals surface area contributed by atoms with Crippen molar-refractivity contribution in [3.8, 4) is 5.75 Å². The van der Waals surface area contributed by atoms with Crippen molar-refractivity contribution in [2.24, 2.45) is 0 Å². The normalized spacial score (nSPS) is 12.1. The van der Waals surface area contributed by atoms with Gasteiger partial charge < -0.3 is 9.47 Å². The Labute approximate surface area is 232 Å². The third kappa shape index (κ3) is 12.0. The number of aryl methyl sites for hydroxylation is 2. The van der Waals surface area contributed by atoms with Gasteiger partial charge in [-0.2, -0.15) is 0 Å². The van der Waals surface area contributed by atoms with Gasteiger partial charge in [-0.1, -0.05) is 25.5 Å². The molecule has 0 fully saturated rings. The van der Waals surface area contributed by atoms with Gasteiger partial charge in [-0.3, -0.25) is 14.8 Å². The summed E-state index contributed by atoms with van der Waals surface area (Å²) in [5.41, 5.74) is 3.19. The van der Waals surface area contributed by atoms with Gasteiger partial charge >= 0.3 is 5.97 Å². The highest BCUT2D eigenvalue weighted by atomic mass is 32.2. The van der Waals surface area contributed by atoms with Gasteiger partial charge in [-0.15, -0.1) is 0 Å². The van der Waals surface area contributed by atoms with Crippen LogP contribution < -0.4 is 9.46 Å². The molecule has 0 spiro atoms. The second-order valence-electron chi connectivity index (χ2n) is 9.48. The lowest BCUT2D eigenvalue weighted by Crippen LogP contribution is -2.44. The summed E-state index contributed by atoms with van der Waals surface area (Å²) >= 11 is 0. The Morgan fingerprint density at radius 3 is 2.03 bits per heavy atom. The van der Waals surface area contributed by atoms with Gasteiger partial charge in [-0.25, -0.2) is 13.1 Å². The van der Waals surface area contributed by atoms with E-state index >= 15 is 0 Å². The number of nitrogens with one attached hydrogen (secondary N) is 1. The molecule has 1 aromatic carbocycles. The fourth-order valence-corrected chi connectivity index (χ4v) is 5.41. The van der Waals surface area contributed by atoms with Crippen LogP contribution in [0.3, 0.4) is 0 Å². The second-order valence-corrected chi connectivity index (χ2v) is 11.4. The van der Waals surface area contributed by atoms with Crippen LogP contribution in [0.25, 0.3) is 0 Å². The van der Waals surface area contributed by atoms with E-state index in [0.717, 1.165) is 49.0 Å². The van der Waals surface area contributed by atoms with E-state index < -0.39 is 22.0 Å². The first-order chi connectivity index (χ1) is 18.9. The predicted octanol–water partition coefficient (Wildman–Crippen LogP) is 4.68. The number of sulfonamides is 1. The lowest BCUT2D eigenvalue weighted by molar-refractivity contribution is -0.145. The molecule has 0 radical (unpaired) electrons. The van der Waals surface area contributed by atoms with Crippen LogP contribution in [0.5, 0.6) is 5.75 Å². The highest BCUT2D eigenvalue weighted by Crippen LogP contribution is 2.16. The number of carbonyl (C=O) groups excluding carboxylic acids is 1. The quantitative estimate of drug-likeness (QED) is 0.180. The first-order valence-corrected chi connectivity index (χ1v) is 15.3. The molecule has 0 aliphatic heterocycles. The van der Waals surface area contributed by atoms with Crippen molar-refractivity contribution < 1.29 is 22.7 Å². The van der Waals surface area contributed by atoms with Crippen LogP contribution in [0.4, 0.5) is 0 Å². The number of carbonyl (C=O) groups is 1. The molecule has 8 nitrogen and oxygen atoms in total. The van der Waals surface area contributed by atoms with Gasteiger partial charge in [0.2, 0.25) is 10.0 Å². The second kappa shape index (κ2) is 16.6. The predicted molar refractivity (Wildman–Crippen MR) is 152 cm³/mol. The number of esters is 1. The van der Waals surface area contributed by atoms with E-state index in [2.05, 4.69) is 14.7 Å². The van der Waals surface area contributed by atoms with Gasteiger partial charge in [0.15, 0.2) is 0 Å². The lowest BCUT2D eigenvalue weighted by Gasteiger charge is -2.18. The highest BCUT2D eigenvalue weighted by Gasteiger charge is 2.26. The maximum Gasteiger partial charge on any atom is 0.324 e. The van der Waals surface area contributed by atoms with Gasteiger partial charge in [-0.05, 0) is 98.0 Å². The average Bonchev–Trinajstić information content (AvgIpc) is 2.95. The zero-order valence-electron chi connectivity index (χ0n) is 22.6. The standard InChI is InChI=1S/C30H39N3O5S/c1-2-3-23-39(35,36)33-29(30(34)38-22-6-8-26-15-19-32-20-16-26)24-27-9-11-28(12-10-27)37-21-5-4-7-25-13-17-31-18-14-25/h9-20,29,33H,2-8,21-24H2,1H3/t29-/m0/s1. The lowest BCUT2D eigenvalue weighted by atomic mass is 10.1. The van der Waals surface area contributed by atoms with E-state index in [0.29, 0.717) is 19.4 Å². The molecule has 2 heterocycles. The number of rotatable bonds is 18. The first-order valence-electron chi connectivity index (χ1n) is 13.6. The summed E-state index contributed by atoms with van der Waals surface area (Å²) in [7, 11) is -3.61. The summed E-state index contributed by atoms with van der Waals surface area (Å²) in [4.78, 5) is 20.9. The van der Waals surface area contributed by atoms with Crippen LogP contribution in [0, 0.1) is 0 Å². The molecule has 2 aromatic heterocycles. The van der Waals surface area contributed by atoms with Crippen molar-refractivity contribution in [2.75, 3.05) is 19.0 Å². The van der Waals surface area contributed by atoms with Gasteiger partial charge in [0.05, 0.1) is 19.0 Å². The van der Waals surface area contributed by atoms with E-state index in [-0.39, 0.29) is 18.8 Å². The summed E-state index contributed by atoms with van der Waals surface area (Å²) in [5, 5.41) is 0. The van der Waals surface area contributed by atoms with Crippen molar-refractivity contribution in [1.29, 1.82) is 0 Å². The molecule has 0 bridgehead atoms. The minimum atomic E-state index is -3.61. The number of unbranched alkanes of at least 4 members (excludes halogenated alkanes) is 2. The van der Waals surface area contributed by atoms with Crippen molar-refractivity contribution in [3.05, 3.63) is 90.0 Å². The minimum absolute atomic E-state index is 0.0245. The Morgan fingerprint density at radius 2 is 1.41 bits per heavy atom. The molecule has 1 atom stereocenters. The summed E-state index contributed by atoms with van der Waals surface area (Å²) in [5.74, 6) is 0.143. The van der Waals surface area contributed by atoms with E-state index in [1.807, 2.05) is 55.5 Å². The van der Waals surface area contributed by atoms with E-state index in [4.69, 9.17) is 9.47 Å². The SMILES string of the molecule is CCCCS(=O)(=O)N[C@@H](Cc1ccc(OCCCCc2ccncc2)cc1)C(=O)OCCCc1ccncc1. The summed E-state index contributed by atoms with van der Waals surface area (Å²) in [6, 6.07) is 14.3. The third-order valence-corrected chi connectivity index (χ3v) is 7.69. The Bertz CT molecular complexity index is 1210. The molecule has 3 aromatic rings. The van der Waals surface area contributed by atoms with Gasteiger partial charge in [0, 0.05) is 24.8 Å². The molecule has 0 aliphatic rings. The molecule has 210 valence electrons. The fraction of sp³-hybridized carbons (Fsp3) is 0.433. The fourth-order valence-electron chi connectivity index (χ4n) is 4.01. The van der Waals surface area contributed by atoms with Crippen molar-refractivity contribution in [1.82, 2.24) is 14.7 Å². The Hall–Kier alpha value is -3.30. The maximum absolute atomic E-state index is 12.9. The molecule has 3 rings (SSSR count). The highest BCUT2D eigenvalue weighted by molar-refractivity contribution is 7.89. The number of hydrogen-bond donors (Lipinski definition) is 1. The maximum atomic E-state index is 12.9. The topological polar surface area (TPSA) is 107 Å². The number of pyridine rings is 2. The number of nitrogens with zero attached hydrogens (tertiary/aromatic N) is 2. The molecule has 0 saturated heterocycles. The largest absolute Gasteiger partial charge is 0.494 e. The molecule has 39 heavy (non-hydrogen) atoms. The molecule has 0 amide bonds. The molecule has 0 unspecified atom stereocenters. The first kappa shape index (κ1) is 30.2. The van der Waals surface area contributed by atoms with Crippen LogP contribution in [-0.4, -0.2) is 49.4 Å². The number of ether oxygens (including phenoxy) is 2.